The minimum absolute atomic E-state index is 0. The van der Waals surface area contributed by atoms with Crippen LogP contribution in [0.1, 0.15) is 25.7 Å². The van der Waals surface area contributed by atoms with Gasteiger partial charge >= 0.3 is 0 Å². The van der Waals surface area contributed by atoms with Gasteiger partial charge in [-0.15, -0.1) is 17.5 Å². The summed E-state index contributed by atoms with van der Waals surface area (Å²) in [6.07, 6.45) is 6.82. The van der Waals surface area contributed by atoms with Gasteiger partial charge < -0.3 is 15.5 Å². The molecule has 5 nitrogen and oxygen atoms in total. The standard InChI is InChI=1S/C15H25N5.ClH/c1-2-15(19-17-7-1)18-14-5-10-20(11-6-14)12-13-3-8-16-9-4-13;/h1-2,7,13-14,16H,3-6,8-12H2,(H,18,19);1H. The first kappa shape index (κ1) is 16.5. The van der Waals surface area contributed by atoms with E-state index in [1.165, 1.54) is 58.4 Å². The highest BCUT2D eigenvalue weighted by Crippen LogP contribution is 2.19. The summed E-state index contributed by atoms with van der Waals surface area (Å²) in [5, 5.41) is 15.0. The second-order valence-electron chi connectivity index (χ2n) is 6.02. The summed E-state index contributed by atoms with van der Waals surface area (Å²) in [6.45, 7) is 6.12. The average molecular weight is 312 g/mol. The highest BCUT2D eigenvalue weighted by Gasteiger charge is 2.22. The smallest absolute Gasteiger partial charge is 0.148 e. The van der Waals surface area contributed by atoms with Crippen molar-refractivity contribution in [2.75, 3.05) is 38.0 Å². The Morgan fingerprint density at radius 3 is 2.62 bits per heavy atom. The van der Waals surface area contributed by atoms with Gasteiger partial charge in [0.2, 0.25) is 0 Å². The lowest BCUT2D eigenvalue weighted by molar-refractivity contribution is 0.171. The molecule has 2 saturated heterocycles. The highest BCUT2D eigenvalue weighted by molar-refractivity contribution is 5.85. The van der Waals surface area contributed by atoms with Crippen LogP contribution in [0.5, 0.6) is 0 Å². The van der Waals surface area contributed by atoms with Crippen molar-refractivity contribution < 1.29 is 0 Å². The maximum Gasteiger partial charge on any atom is 0.148 e. The number of piperidine rings is 2. The summed E-state index contributed by atoms with van der Waals surface area (Å²) in [6, 6.07) is 4.48. The van der Waals surface area contributed by atoms with Gasteiger partial charge in [-0.25, -0.2) is 0 Å². The fourth-order valence-corrected chi connectivity index (χ4v) is 3.28. The molecule has 0 unspecified atom stereocenters. The molecule has 3 rings (SSSR count). The first-order chi connectivity index (χ1) is 9.90. The molecule has 0 bridgehead atoms. The zero-order chi connectivity index (χ0) is 13.6. The molecule has 0 saturated carbocycles. The van der Waals surface area contributed by atoms with Crippen LogP contribution in [0.2, 0.25) is 0 Å². The van der Waals surface area contributed by atoms with Gasteiger partial charge in [0.1, 0.15) is 5.82 Å². The SMILES string of the molecule is Cl.c1cnnc(NC2CCN(CC3CCNCC3)CC2)c1. The third kappa shape index (κ3) is 5.09. The summed E-state index contributed by atoms with van der Waals surface area (Å²) in [5.41, 5.74) is 0. The maximum absolute atomic E-state index is 4.10. The zero-order valence-corrected chi connectivity index (χ0v) is 13.3. The van der Waals surface area contributed by atoms with Crippen molar-refractivity contribution in [2.24, 2.45) is 5.92 Å². The van der Waals surface area contributed by atoms with Crippen LogP contribution in [0.15, 0.2) is 18.3 Å². The van der Waals surface area contributed by atoms with E-state index in [9.17, 15) is 0 Å². The summed E-state index contributed by atoms with van der Waals surface area (Å²) >= 11 is 0. The van der Waals surface area contributed by atoms with Crippen molar-refractivity contribution in [2.45, 2.75) is 31.7 Å². The summed E-state index contributed by atoms with van der Waals surface area (Å²) < 4.78 is 0. The van der Waals surface area contributed by atoms with E-state index >= 15 is 0 Å². The lowest BCUT2D eigenvalue weighted by Crippen LogP contribution is -2.43. The molecule has 0 atom stereocenters. The molecule has 2 N–H and O–H groups in total. The Hall–Kier alpha value is -0.910. The van der Waals surface area contributed by atoms with Crippen molar-refractivity contribution in [3.05, 3.63) is 18.3 Å². The molecule has 0 radical (unpaired) electrons. The third-order valence-electron chi connectivity index (χ3n) is 4.49. The number of halogens is 1. The van der Waals surface area contributed by atoms with Crippen molar-refractivity contribution in [3.63, 3.8) is 0 Å². The van der Waals surface area contributed by atoms with Gasteiger partial charge in [0.05, 0.1) is 0 Å². The first-order valence-electron chi connectivity index (χ1n) is 7.87. The number of anilines is 1. The van der Waals surface area contributed by atoms with E-state index in [4.69, 9.17) is 0 Å². The van der Waals surface area contributed by atoms with Crippen LogP contribution in [-0.4, -0.2) is 53.9 Å². The molecule has 3 heterocycles. The van der Waals surface area contributed by atoms with Gasteiger partial charge in [-0.3, -0.25) is 0 Å². The number of aromatic nitrogens is 2. The van der Waals surface area contributed by atoms with Gasteiger partial charge in [0.15, 0.2) is 0 Å². The molecular weight excluding hydrogens is 286 g/mol. The number of likely N-dealkylation sites (tertiary alicyclic amines) is 1. The molecule has 0 aromatic carbocycles. The summed E-state index contributed by atoms with van der Waals surface area (Å²) in [5.74, 6) is 1.81. The van der Waals surface area contributed by atoms with Gasteiger partial charge in [0.25, 0.3) is 0 Å². The van der Waals surface area contributed by atoms with Crippen LogP contribution >= 0.6 is 12.4 Å². The fraction of sp³-hybridized carbons (Fsp3) is 0.733. The largest absolute Gasteiger partial charge is 0.366 e. The van der Waals surface area contributed by atoms with Gasteiger partial charge in [-0.05, 0) is 56.8 Å². The monoisotopic (exact) mass is 311 g/mol. The van der Waals surface area contributed by atoms with Gasteiger partial charge in [-0.2, -0.15) is 5.10 Å². The molecule has 21 heavy (non-hydrogen) atoms. The Kier molecular flexibility index (Phi) is 6.67. The molecule has 2 aliphatic heterocycles. The molecule has 2 fully saturated rings. The van der Waals surface area contributed by atoms with E-state index in [0.29, 0.717) is 6.04 Å². The molecule has 118 valence electrons. The van der Waals surface area contributed by atoms with Crippen LogP contribution in [0.3, 0.4) is 0 Å². The minimum Gasteiger partial charge on any atom is -0.366 e. The van der Waals surface area contributed by atoms with Crippen molar-refractivity contribution >= 4 is 18.2 Å². The molecule has 6 heteroatoms. The number of rotatable bonds is 4. The van der Waals surface area contributed by atoms with E-state index in [2.05, 4.69) is 25.7 Å². The maximum atomic E-state index is 4.10. The van der Waals surface area contributed by atoms with Gasteiger partial charge in [0, 0.05) is 31.9 Å². The number of hydrogen-bond acceptors (Lipinski definition) is 5. The van der Waals surface area contributed by atoms with E-state index in [0.717, 1.165) is 11.7 Å². The fourth-order valence-electron chi connectivity index (χ4n) is 3.28. The van der Waals surface area contributed by atoms with Crippen molar-refractivity contribution in [1.29, 1.82) is 0 Å². The van der Waals surface area contributed by atoms with E-state index in [1.807, 2.05) is 12.1 Å². The summed E-state index contributed by atoms with van der Waals surface area (Å²) in [4.78, 5) is 2.64. The Labute approximate surface area is 133 Å². The van der Waals surface area contributed by atoms with Crippen LogP contribution in [0.25, 0.3) is 0 Å². The summed E-state index contributed by atoms with van der Waals surface area (Å²) in [7, 11) is 0. The van der Waals surface area contributed by atoms with E-state index < -0.39 is 0 Å². The van der Waals surface area contributed by atoms with E-state index in [-0.39, 0.29) is 12.4 Å². The molecule has 2 aliphatic rings. The Balaban J connectivity index is 0.00000161. The van der Waals surface area contributed by atoms with Crippen molar-refractivity contribution in [1.82, 2.24) is 20.4 Å². The molecule has 1 aromatic heterocycles. The highest BCUT2D eigenvalue weighted by atomic mass is 35.5. The molecule has 0 spiro atoms. The second-order valence-corrected chi connectivity index (χ2v) is 6.02. The van der Waals surface area contributed by atoms with Crippen LogP contribution in [0, 0.1) is 5.92 Å². The Morgan fingerprint density at radius 1 is 1.19 bits per heavy atom. The Morgan fingerprint density at radius 2 is 1.95 bits per heavy atom. The predicted molar refractivity (Wildman–Crippen MR) is 88.0 cm³/mol. The number of nitrogens with zero attached hydrogens (tertiary/aromatic N) is 3. The number of nitrogens with one attached hydrogen (secondary N) is 2. The molecule has 1 aromatic rings. The molecule has 0 amide bonds. The average Bonchev–Trinajstić information content (AvgIpc) is 2.51. The van der Waals surface area contributed by atoms with Crippen LogP contribution in [-0.2, 0) is 0 Å². The lowest BCUT2D eigenvalue weighted by atomic mass is 9.96. The van der Waals surface area contributed by atoms with Gasteiger partial charge in [-0.1, -0.05) is 0 Å². The minimum atomic E-state index is 0. The Bertz CT molecular complexity index is 388. The zero-order valence-electron chi connectivity index (χ0n) is 12.5. The van der Waals surface area contributed by atoms with Crippen LogP contribution in [0.4, 0.5) is 5.82 Å². The quantitative estimate of drug-likeness (QED) is 0.887. The lowest BCUT2D eigenvalue weighted by Gasteiger charge is -2.35. The molecular formula is C15H26ClN5. The first-order valence-corrected chi connectivity index (χ1v) is 7.87. The van der Waals surface area contributed by atoms with Crippen LogP contribution < -0.4 is 10.6 Å². The number of hydrogen-bond donors (Lipinski definition) is 2. The second kappa shape index (κ2) is 8.51. The third-order valence-corrected chi connectivity index (χ3v) is 4.49. The predicted octanol–water partition coefficient (Wildman–Crippen LogP) is 1.77. The molecule has 0 aliphatic carbocycles. The van der Waals surface area contributed by atoms with Crippen molar-refractivity contribution in [3.8, 4) is 0 Å². The van der Waals surface area contributed by atoms with E-state index in [1.54, 1.807) is 6.20 Å². The topological polar surface area (TPSA) is 53.1 Å². The normalized spacial score (nSPS) is 21.7.